The van der Waals surface area contributed by atoms with Gasteiger partial charge in [0.25, 0.3) is 5.91 Å². The quantitative estimate of drug-likeness (QED) is 0.395. The molecule has 1 amide bonds. The Bertz CT molecular complexity index is 871. The number of hydrogen-bond acceptors (Lipinski definition) is 3. The van der Waals surface area contributed by atoms with E-state index in [2.05, 4.69) is 17.2 Å². The summed E-state index contributed by atoms with van der Waals surface area (Å²) in [6.45, 7) is 2.95. The van der Waals surface area contributed by atoms with Crippen molar-refractivity contribution in [2.24, 2.45) is 0 Å². The van der Waals surface area contributed by atoms with Crippen molar-refractivity contribution in [3.05, 3.63) is 54.3 Å². The van der Waals surface area contributed by atoms with E-state index < -0.39 is 0 Å². The highest BCUT2D eigenvalue weighted by Gasteiger charge is 2.14. The minimum atomic E-state index is -0.0469. The molecule has 148 valence electrons. The molecule has 3 aromatic rings. The molecule has 0 radical (unpaired) electrons. The van der Waals surface area contributed by atoms with E-state index in [1.54, 1.807) is 6.26 Å². The third-order valence-electron chi connectivity index (χ3n) is 5.05. The second-order valence-electron chi connectivity index (χ2n) is 7.28. The van der Waals surface area contributed by atoms with E-state index in [4.69, 9.17) is 4.42 Å². The third kappa shape index (κ3) is 5.44. The zero-order valence-electron chi connectivity index (χ0n) is 16.7. The number of amides is 1. The van der Waals surface area contributed by atoms with Gasteiger partial charge in [-0.25, -0.2) is 4.98 Å². The van der Waals surface area contributed by atoms with Crippen LogP contribution in [0.1, 0.15) is 68.6 Å². The molecule has 28 heavy (non-hydrogen) atoms. The van der Waals surface area contributed by atoms with Gasteiger partial charge in [0.05, 0.1) is 17.3 Å². The summed E-state index contributed by atoms with van der Waals surface area (Å²) >= 11 is 0. The Kier molecular flexibility index (Phi) is 7.65. The van der Waals surface area contributed by atoms with Crippen molar-refractivity contribution in [1.82, 2.24) is 10.3 Å². The number of rotatable bonds is 11. The summed E-state index contributed by atoms with van der Waals surface area (Å²) in [5.41, 5.74) is 2.13. The molecule has 3 rings (SSSR count). The van der Waals surface area contributed by atoms with Gasteiger partial charge < -0.3 is 9.73 Å². The van der Waals surface area contributed by atoms with Crippen molar-refractivity contribution >= 4 is 16.8 Å². The largest absolute Gasteiger partial charge is 0.463 e. The highest BCUT2D eigenvalue weighted by Crippen LogP contribution is 2.25. The van der Waals surface area contributed by atoms with Crippen LogP contribution in [0.5, 0.6) is 0 Å². The molecular formula is C24H30N2O2. The summed E-state index contributed by atoms with van der Waals surface area (Å²) in [4.78, 5) is 17.5. The molecule has 0 saturated carbocycles. The number of nitrogens with zero attached hydrogens (tertiary/aromatic N) is 1. The van der Waals surface area contributed by atoms with Crippen LogP contribution in [0.2, 0.25) is 0 Å². The first-order chi connectivity index (χ1) is 13.8. The maximum Gasteiger partial charge on any atom is 0.252 e. The van der Waals surface area contributed by atoms with Crippen LogP contribution in [0.25, 0.3) is 22.4 Å². The van der Waals surface area contributed by atoms with Crippen molar-refractivity contribution in [1.29, 1.82) is 0 Å². The van der Waals surface area contributed by atoms with E-state index in [0.717, 1.165) is 17.3 Å². The number of pyridine rings is 1. The lowest BCUT2D eigenvalue weighted by molar-refractivity contribution is 0.0954. The van der Waals surface area contributed by atoms with Gasteiger partial charge in [-0.3, -0.25) is 4.79 Å². The van der Waals surface area contributed by atoms with Crippen LogP contribution in [0, 0.1) is 0 Å². The number of carbonyl (C=O) groups is 1. The lowest BCUT2D eigenvalue weighted by atomic mass is 10.1. The first kappa shape index (κ1) is 20.1. The van der Waals surface area contributed by atoms with E-state index in [9.17, 15) is 4.79 Å². The minimum absolute atomic E-state index is 0.0469. The average Bonchev–Trinajstić information content (AvgIpc) is 3.26. The van der Waals surface area contributed by atoms with Crippen molar-refractivity contribution in [2.75, 3.05) is 6.54 Å². The second kappa shape index (κ2) is 10.6. The molecule has 0 aliphatic rings. The standard InChI is InChI=1S/C24H30N2O2/c1-2-3-4-5-6-7-8-11-16-25-24(27)20-18-22(23-15-12-17-28-23)26-21-14-10-9-13-19(20)21/h9-10,12-15,17-18H,2-8,11,16H2,1H3,(H,25,27). The molecule has 0 saturated heterocycles. The molecule has 1 aromatic carbocycles. The lowest BCUT2D eigenvalue weighted by Gasteiger charge is -2.10. The molecule has 4 heteroatoms. The molecule has 0 aliphatic carbocycles. The molecule has 0 atom stereocenters. The van der Waals surface area contributed by atoms with Crippen LogP contribution in [0.15, 0.2) is 53.1 Å². The molecular weight excluding hydrogens is 348 g/mol. The molecule has 4 nitrogen and oxygen atoms in total. The van der Waals surface area contributed by atoms with E-state index in [1.165, 1.54) is 44.9 Å². The monoisotopic (exact) mass is 378 g/mol. The molecule has 1 N–H and O–H groups in total. The zero-order valence-corrected chi connectivity index (χ0v) is 16.7. The fourth-order valence-electron chi connectivity index (χ4n) is 3.47. The van der Waals surface area contributed by atoms with Gasteiger partial charge in [0.2, 0.25) is 0 Å². The summed E-state index contributed by atoms with van der Waals surface area (Å²) in [6.07, 6.45) is 11.7. The maximum atomic E-state index is 12.8. The summed E-state index contributed by atoms with van der Waals surface area (Å²) < 4.78 is 5.47. The Hall–Kier alpha value is -2.62. The predicted molar refractivity (Wildman–Crippen MR) is 114 cm³/mol. The predicted octanol–water partition coefficient (Wildman–Crippen LogP) is 6.37. The van der Waals surface area contributed by atoms with Crippen LogP contribution >= 0.6 is 0 Å². The van der Waals surface area contributed by atoms with Crippen LogP contribution in [0.3, 0.4) is 0 Å². The van der Waals surface area contributed by atoms with Crippen molar-refractivity contribution in [3.8, 4) is 11.5 Å². The molecule has 0 fully saturated rings. The summed E-state index contributed by atoms with van der Waals surface area (Å²) in [5, 5.41) is 3.94. The van der Waals surface area contributed by atoms with E-state index in [-0.39, 0.29) is 5.91 Å². The van der Waals surface area contributed by atoms with Crippen LogP contribution in [-0.4, -0.2) is 17.4 Å². The Balaban J connectivity index is 1.57. The molecule has 0 spiro atoms. The number of carbonyl (C=O) groups excluding carboxylic acids is 1. The molecule has 2 heterocycles. The van der Waals surface area contributed by atoms with Gasteiger partial charge in [0.1, 0.15) is 5.69 Å². The molecule has 0 bridgehead atoms. The smallest absolute Gasteiger partial charge is 0.252 e. The number of unbranched alkanes of at least 4 members (excludes halogenated alkanes) is 7. The van der Waals surface area contributed by atoms with Gasteiger partial charge in [-0.15, -0.1) is 0 Å². The highest BCUT2D eigenvalue weighted by atomic mass is 16.3. The Morgan fingerprint density at radius 3 is 2.46 bits per heavy atom. The number of furan rings is 1. The topological polar surface area (TPSA) is 55.1 Å². The second-order valence-corrected chi connectivity index (χ2v) is 7.28. The van der Waals surface area contributed by atoms with Crippen LogP contribution in [-0.2, 0) is 0 Å². The van der Waals surface area contributed by atoms with E-state index >= 15 is 0 Å². The van der Waals surface area contributed by atoms with Crippen LogP contribution in [0.4, 0.5) is 0 Å². The summed E-state index contributed by atoms with van der Waals surface area (Å²) in [7, 11) is 0. The number of para-hydroxylation sites is 1. The normalized spacial score (nSPS) is 11.0. The molecule has 2 aromatic heterocycles. The van der Waals surface area contributed by atoms with Crippen molar-refractivity contribution < 1.29 is 9.21 Å². The average molecular weight is 379 g/mol. The summed E-state index contributed by atoms with van der Waals surface area (Å²) in [6, 6.07) is 13.3. The van der Waals surface area contributed by atoms with Gasteiger partial charge in [-0.1, -0.05) is 70.1 Å². The van der Waals surface area contributed by atoms with Gasteiger partial charge in [-0.05, 0) is 30.7 Å². The number of hydrogen-bond donors (Lipinski definition) is 1. The number of nitrogens with one attached hydrogen (secondary N) is 1. The minimum Gasteiger partial charge on any atom is -0.463 e. The maximum absolute atomic E-state index is 12.8. The first-order valence-electron chi connectivity index (χ1n) is 10.5. The van der Waals surface area contributed by atoms with Crippen molar-refractivity contribution in [3.63, 3.8) is 0 Å². The third-order valence-corrected chi connectivity index (χ3v) is 5.05. The van der Waals surface area contributed by atoms with E-state index in [0.29, 0.717) is 23.6 Å². The Labute approximate surface area is 167 Å². The molecule has 0 unspecified atom stereocenters. The van der Waals surface area contributed by atoms with Crippen LogP contribution < -0.4 is 5.32 Å². The van der Waals surface area contributed by atoms with Gasteiger partial charge in [0.15, 0.2) is 5.76 Å². The first-order valence-corrected chi connectivity index (χ1v) is 10.5. The highest BCUT2D eigenvalue weighted by molar-refractivity contribution is 6.07. The Morgan fingerprint density at radius 1 is 0.964 bits per heavy atom. The molecule has 0 aliphatic heterocycles. The van der Waals surface area contributed by atoms with Gasteiger partial charge in [0, 0.05) is 11.9 Å². The fourth-order valence-corrected chi connectivity index (χ4v) is 3.47. The fraction of sp³-hybridized carbons (Fsp3) is 0.417. The SMILES string of the molecule is CCCCCCCCCCNC(=O)c1cc(-c2ccco2)nc2ccccc12. The van der Waals surface area contributed by atoms with Crippen molar-refractivity contribution in [2.45, 2.75) is 58.3 Å². The van der Waals surface area contributed by atoms with Gasteiger partial charge >= 0.3 is 0 Å². The number of benzene rings is 1. The summed E-state index contributed by atoms with van der Waals surface area (Å²) in [5.74, 6) is 0.622. The Morgan fingerprint density at radius 2 is 1.71 bits per heavy atom. The number of fused-ring (bicyclic) bond motifs is 1. The number of aromatic nitrogens is 1. The lowest BCUT2D eigenvalue weighted by Crippen LogP contribution is -2.24. The zero-order chi connectivity index (χ0) is 19.6. The van der Waals surface area contributed by atoms with Gasteiger partial charge in [-0.2, -0.15) is 0 Å². The van der Waals surface area contributed by atoms with E-state index in [1.807, 2.05) is 42.5 Å².